The monoisotopic (exact) mass is 1470 g/mol. The van der Waals surface area contributed by atoms with E-state index in [0.717, 1.165) is 43.8 Å². The zero-order valence-electron chi connectivity index (χ0n) is 61.1. The van der Waals surface area contributed by atoms with Crippen molar-refractivity contribution in [3.8, 4) is 5.75 Å². The highest BCUT2D eigenvalue weighted by Gasteiger charge is 2.41. The van der Waals surface area contributed by atoms with E-state index in [0.29, 0.717) is 47.0 Å². The molecule has 554 valence electrons. The third-order valence-electron chi connectivity index (χ3n) is 16.9. The Morgan fingerprint density at radius 1 is 0.596 bits per heavy atom. The molecule has 104 heavy (non-hydrogen) atoms. The molecule has 6 aromatic carbocycles. The Labute approximate surface area is 622 Å². The number of hydrogen-bond acceptors (Lipinski definition) is 15. The van der Waals surface area contributed by atoms with Crippen LogP contribution in [0.25, 0.3) is 10.9 Å². The molecule has 1 aliphatic rings. The normalized spacial score (nSPS) is 19.2. The number of fused-ring (bicyclic) bond motifs is 1. The van der Waals surface area contributed by atoms with Crippen LogP contribution in [0, 0.1) is 0 Å². The minimum absolute atomic E-state index is 0.0231. The molecule has 0 aliphatic carbocycles. The summed E-state index contributed by atoms with van der Waals surface area (Å²) in [6.07, 6.45) is 0.661. The predicted molar refractivity (Wildman–Crippen MR) is 412 cm³/mol. The highest BCUT2D eigenvalue weighted by molar-refractivity contribution is 8.76. The number of benzene rings is 6. The topological polar surface area (TPSA) is 296 Å². The number of primary amides is 1. The van der Waals surface area contributed by atoms with Crippen molar-refractivity contribution in [2.24, 2.45) is 5.73 Å². The fraction of sp³-hybridized carbons (Fsp3) is 0.412. The van der Waals surface area contributed by atoms with Gasteiger partial charge in [-0.1, -0.05) is 193 Å². The fourth-order valence-corrected chi connectivity index (χ4v) is 15.9. The van der Waals surface area contributed by atoms with Crippen LogP contribution in [-0.2, 0) is 71.8 Å². The second-order valence-electron chi connectivity index (χ2n) is 28.8. The van der Waals surface area contributed by atoms with Crippen LogP contribution >= 0.6 is 33.3 Å². The van der Waals surface area contributed by atoms with Gasteiger partial charge in [0.15, 0.2) is 0 Å². The summed E-state index contributed by atoms with van der Waals surface area (Å²) in [7, 11) is 2.16. The average molecular weight is 1470 g/mol. The molecule has 7 aromatic rings. The van der Waals surface area contributed by atoms with Gasteiger partial charge in [-0.05, 0) is 134 Å². The molecular weight excluding hydrogens is 1380 g/mol. The van der Waals surface area contributed by atoms with Crippen molar-refractivity contribution < 1.29 is 57.4 Å². The van der Waals surface area contributed by atoms with Crippen molar-refractivity contribution in [2.45, 2.75) is 191 Å². The second-order valence-corrected chi connectivity index (χ2v) is 32.6. The number of hydrogen-bond donors (Lipinski definition) is 8. The SMILES string of the molecule is CCCC[C@@H]1NC(=O)[C@@H](Cc2cn(C(=O)OC(C)(C)C)c3ccccc23)NC(=O)[C@H](Cc2ccc(OC(C)(C)C)cc2)NC(=O)[C@@H](NC(=O)CCc2ccccc2)CSSC[C@@H](C(=O)N[C@@H](CSC(c2ccccc2)(c2ccccc2)c2ccccc2)C(N)=O)NC(=O)[C@H]([C@@H](C)OC(C)(C)C)NC1=O. The molecule has 24 heteroatoms. The smallest absolute Gasteiger partial charge is 0.419 e. The van der Waals surface area contributed by atoms with E-state index in [2.05, 4.69) is 37.2 Å². The van der Waals surface area contributed by atoms with Crippen LogP contribution in [-0.4, -0.2) is 140 Å². The van der Waals surface area contributed by atoms with Gasteiger partial charge in [0.05, 0.1) is 22.0 Å². The summed E-state index contributed by atoms with van der Waals surface area (Å²) in [5, 5.41) is 20.8. The lowest BCUT2D eigenvalue weighted by molar-refractivity contribution is -0.140. The first kappa shape index (κ1) is 80.6. The number of rotatable bonds is 23. The number of para-hydroxylation sites is 1. The van der Waals surface area contributed by atoms with Crippen molar-refractivity contribution in [1.82, 2.24) is 41.8 Å². The third-order valence-corrected chi connectivity index (χ3v) is 21.0. The van der Waals surface area contributed by atoms with Crippen molar-refractivity contribution in [1.29, 1.82) is 0 Å². The van der Waals surface area contributed by atoms with E-state index >= 15 is 28.8 Å². The maximum Gasteiger partial charge on any atom is 0.419 e. The number of nitrogens with zero attached hydrogens (tertiary/aromatic N) is 1. The number of amides is 8. The molecule has 0 radical (unpaired) electrons. The van der Waals surface area contributed by atoms with E-state index in [1.54, 1.807) is 97.0 Å². The molecule has 0 spiro atoms. The Morgan fingerprint density at radius 2 is 1.12 bits per heavy atom. The van der Waals surface area contributed by atoms with Crippen LogP contribution in [0.5, 0.6) is 5.75 Å². The summed E-state index contributed by atoms with van der Waals surface area (Å²) in [5.41, 5.74) is 8.93. The highest BCUT2D eigenvalue weighted by Crippen LogP contribution is 2.49. The first-order valence-corrected chi connectivity index (χ1v) is 38.7. The predicted octanol–water partition coefficient (Wildman–Crippen LogP) is 10.4. The van der Waals surface area contributed by atoms with Crippen LogP contribution in [0.15, 0.2) is 176 Å². The molecule has 0 unspecified atom stereocenters. The Kier molecular flexibility index (Phi) is 28.7. The largest absolute Gasteiger partial charge is 0.488 e. The van der Waals surface area contributed by atoms with E-state index in [9.17, 15) is 14.4 Å². The Morgan fingerprint density at radius 3 is 1.68 bits per heavy atom. The molecular formula is C80H99N9O12S3. The molecule has 8 atom stereocenters. The van der Waals surface area contributed by atoms with Crippen molar-refractivity contribution >= 4 is 97.6 Å². The Hall–Kier alpha value is -9.10. The summed E-state index contributed by atoms with van der Waals surface area (Å²) in [6, 6.07) is 42.6. The van der Waals surface area contributed by atoms with Gasteiger partial charge in [-0.2, -0.15) is 0 Å². The number of carbonyl (C=O) groups is 9. The van der Waals surface area contributed by atoms with E-state index in [-0.39, 0.29) is 42.9 Å². The second kappa shape index (κ2) is 37.0. The number of aromatic nitrogens is 1. The van der Waals surface area contributed by atoms with Crippen molar-refractivity contribution in [3.05, 3.63) is 209 Å². The number of carbonyl (C=O) groups excluding carboxylic acids is 9. The zero-order valence-corrected chi connectivity index (χ0v) is 63.5. The number of ether oxygens (including phenoxy) is 3. The first-order chi connectivity index (χ1) is 49.4. The molecule has 1 aromatic heterocycles. The highest BCUT2D eigenvalue weighted by atomic mass is 33.1. The van der Waals surface area contributed by atoms with Gasteiger partial charge in [0.1, 0.15) is 59.2 Å². The fourth-order valence-electron chi connectivity index (χ4n) is 12.0. The van der Waals surface area contributed by atoms with Crippen molar-refractivity contribution in [3.63, 3.8) is 0 Å². The van der Waals surface area contributed by atoms with Crippen molar-refractivity contribution in [2.75, 3.05) is 17.3 Å². The van der Waals surface area contributed by atoms with E-state index < -0.39 is 123 Å². The van der Waals surface area contributed by atoms with Crippen LogP contribution < -0.4 is 47.7 Å². The van der Waals surface area contributed by atoms with Gasteiger partial charge in [0.25, 0.3) is 0 Å². The average Bonchev–Trinajstić information content (AvgIpc) is 0.797. The van der Waals surface area contributed by atoms with Crippen LogP contribution in [0.3, 0.4) is 0 Å². The van der Waals surface area contributed by atoms with Crippen LogP contribution in [0.1, 0.15) is 135 Å². The molecule has 0 bridgehead atoms. The molecule has 8 amide bonds. The molecule has 1 fully saturated rings. The minimum Gasteiger partial charge on any atom is -0.488 e. The maximum atomic E-state index is 15.5. The minimum atomic E-state index is -1.55. The number of aryl methyl sites for hydroxylation is 1. The van der Waals surface area contributed by atoms with E-state index in [4.69, 9.17) is 19.9 Å². The quantitative estimate of drug-likeness (QED) is 0.0218. The van der Waals surface area contributed by atoms with Crippen LogP contribution in [0.4, 0.5) is 4.79 Å². The summed E-state index contributed by atoms with van der Waals surface area (Å²) < 4.78 is 18.7. The summed E-state index contributed by atoms with van der Waals surface area (Å²) in [4.78, 5) is 134. The Bertz CT molecular complexity index is 3960. The van der Waals surface area contributed by atoms with Crippen LogP contribution in [0.2, 0.25) is 0 Å². The zero-order chi connectivity index (χ0) is 75.4. The summed E-state index contributed by atoms with van der Waals surface area (Å²) in [5.74, 6) is -6.16. The van der Waals surface area contributed by atoms with Gasteiger partial charge in [-0.25, -0.2) is 4.79 Å². The first-order valence-electron chi connectivity index (χ1n) is 35.2. The molecule has 21 nitrogen and oxygen atoms in total. The molecule has 9 N–H and O–H groups in total. The number of unbranched alkanes of at least 4 members (excludes halogenated alkanes) is 1. The molecule has 2 heterocycles. The van der Waals surface area contributed by atoms with Gasteiger partial charge in [-0.3, -0.25) is 42.9 Å². The number of nitrogens with two attached hydrogens (primary N) is 1. The van der Waals surface area contributed by atoms with Gasteiger partial charge in [0, 0.05) is 48.1 Å². The molecule has 0 saturated carbocycles. The number of nitrogens with one attached hydrogen (secondary N) is 7. The molecule has 1 saturated heterocycles. The molecule has 8 rings (SSSR count). The maximum absolute atomic E-state index is 15.5. The molecule has 1 aliphatic heterocycles. The Balaban J connectivity index is 1.21. The third kappa shape index (κ3) is 23.5. The lowest BCUT2D eigenvalue weighted by Crippen LogP contribution is -2.63. The standard InChI is InChI=1S/C80H99N9O12S3/c1-12-13-37-60-70(92)88-68(51(2)99-77(3,4)5)75(97)87-65(74(96)86-63(69(81)91)48-102-80(55-30-20-15-21-31-55,56-32-22-16-23-33-56)57-34-24-17-25-35-57)50-104-103-49-64(82-67(90)44-41-52-28-18-14-19-29-52)73(95)84-61(45-53-39-42-58(43-40-53)100-78(6,7)8)71(93)85-62(72(94)83-60)46-54-47-89(76(98)101-79(9,10)11)66-38-27-26-36-59(54)66/h14-36,38-40,42-43,47,51,60-65,68H,12-13,37,41,44-46,48-50H2,1-11H3,(H2,81,91)(H,82,90)(H,83,94)(H,84,95)(H,85,93)(H,86,96)(H,87,97)(H,88,92)/t51-,60+,61+,62-,63+,64+,65+,68+/m1/s1. The van der Waals surface area contributed by atoms with E-state index in [1.807, 2.05) is 149 Å². The van der Waals surface area contributed by atoms with Gasteiger partial charge >= 0.3 is 6.09 Å². The lowest BCUT2D eigenvalue weighted by Gasteiger charge is -2.36. The number of thioether (sulfide) groups is 1. The van der Waals surface area contributed by atoms with Gasteiger partial charge in [0.2, 0.25) is 47.3 Å². The lowest BCUT2D eigenvalue weighted by atomic mass is 9.84. The van der Waals surface area contributed by atoms with Gasteiger partial charge < -0.3 is 57.2 Å². The van der Waals surface area contributed by atoms with E-state index in [1.165, 1.54) is 22.5 Å². The van der Waals surface area contributed by atoms with Gasteiger partial charge in [-0.15, -0.1) is 11.8 Å². The summed E-state index contributed by atoms with van der Waals surface area (Å²) in [6.45, 7) is 19.7. The summed E-state index contributed by atoms with van der Waals surface area (Å²) >= 11 is 1.39.